The lowest BCUT2D eigenvalue weighted by Crippen LogP contribution is -2.44. The van der Waals surface area contributed by atoms with Gasteiger partial charge in [-0.3, -0.25) is 4.79 Å². The van der Waals surface area contributed by atoms with E-state index in [9.17, 15) is 15.0 Å². The van der Waals surface area contributed by atoms with Crippen LogP contribution in [0.5, 0.6) is 5.75 Å². The topological polar surface area (TPSA) is 72.8 Å². The first-order valence-electron chi connectivity index (χ1n) is 5.65. The predicted molar refractivity (Wildman–Crippen MR) is 67.9 cm³/mol. The number of nitrogens with zero attached hydrogens (tertiary/aromatic N) is 1. The molecule has 0 aliphatic carbocycles. The highest BCUT2D eigenvalue weighted by molar-refractivity contribution is 6.32. The summed E-state index contributed by atoms with van der Waals surface area (Å²) in [5.74, 6) is -0.289. The van der Waals surface area contributed by atoms with Crippen molar-refractivity contribution in [2.45, 2.75) is 12.1 Å². The smallest absolute Gasteiger partial charge is 0.254 e. The molecule has 0 saturated carbocycles. The number of aliphatic hydroxyl groups is 1. The zero-order chi connectivity index (χ0) is 13.3. The number of amides is 1. The number of rotatable bonds is 2. The summed E-state index contributed by atoms with van der Waals surface area (Å²) in [4.78, 5) is 13.7. The Hall–Kier alpha value is -1.30. The van der Waals surface area contributed by atoms with Crippen molar-refractivity contribution >= 4 is 17.5 Å². The van der Waals surface area contributed by atoms with Crippen molar-refractivity contribution in [2.24, 2.45) is 0 Å². The van der Waals surface area contributed by atoms with E-state index in [1.807, 2.05) is 0 Å². The van der Waals surface area contributed by atoms with Gasteiger partial charge in [0, 0.05) is 25.7 Å². The second-order valence-corrected chi connectivity index (χ2v) is 4.78. The lowest BCUT2D eigenvalue weighted by molar-refractivity contribution is 0.0581. The van der Waals surface area contributed by atoms with E-state index in [-0.39, 0.29) is 22.7 Å². The number of hydrogen-bond donors (Lipinski definition) is 3. The van der Waals surface area contributed by atoms with Crippen LogP contribution in [0.2, 0.25) is 5.02 Å². The van der Waals surface area contributed by atoms with E-state index < -0.39 is 6.10 Å². The summed E-state index contributed by atoms with van der Waals surface area (Å²) in [7, 11) is 1.64. The zero-order valence-corrected chi connectivity index (χ0v) is 10.7. The van der Waals surface area contributed by atoms with Crippen LogP contribution in [0.25, 0.3) is 0 Å². The Balaban J connectivity index is 2.17. The minimum atomic E-state index is -0.563. The number of nitrogens with one attached hydrogen (secondary N) is 1. The molecule has 18 heavy (non-hydrogen) atoms. The molecular weight excluding hydrogens is 256 g/mol. The Morgan fingerprint density at radius 1 is 1.50 bits per heavy atom. The predicted octanol–water partition coefficient (Wildman–Crippen LogP) is 0.450. The molecule has 1 aliphatic heterocycles. The Bertz CT molecular complexity index is 467. The minimum Gasteiger partial charge on any atom is -0.506 e. The number of phenols is 1. The maximum Gasteiger partial charge on any atom is 0.254 e. The molecule has 98 valence electrons. The standard InChI is InChI=1S/C12H15ClN2O3/c1-15(9-5-14-6-11(9)17)12(18)7-2-3-10(16)8(13)4-7/h2-4,9,11,14,16-17H,5-6H2,1H3/t9-,11-/m0/s1. The van der Waals surface area contributed by atoms with Crippen molar-refractivity contribution in [3.8, 4) is 5.75 Å². The normalized spacial score (nSPS) is 23.1. The summed E-state index contributed by atoms with van der Waals surface area (Å²) in [5.41, 5.74) is 0.388. The van der Waals surface area contributed by atoms with Crippen molar-refractivity contribution in [1.82, 2.24) is 10.2 Å². The molecule has 0 bridgehead atoms. The van der Waals surface area contributed by atoms with E-state index in [4.69, 9.17) is 11.6 Å². The van der Waals surface area contributed by atoms with Gasteiger partial charge in [-0.2, -0.15) is 0 Å². The number of carbonyl (C=O) groups excluding carboxylic acids is 1. The summed E-state index contributed by atoms with van der Waals surface area (Å²) in [6.45, 7) is 1.05. The Morgan fingerprint density at radius 3 is 2.78 bits per heavy atom. The molecule has 0 unspecified atom stereocenters. The monoisotopic (exact) mass is 270 g/mol. The van der Waals surface area contributed by atoms with Crippen molar-refractivity contribution < 1.29 is 15.0 Å². The molecule has 3 N–H and O–H groups in total. The van der Waals surface area contributed by atoms with Gasteiger partial charge in [0.1, 0.15) is 5.75 Å². The molecular formula is C12H15ClN2O3. The third kappa shape index (κ3) is 2.43. The van der Waals surface area contributed by atoms with Gasteiger partial charge in [0.15, 0.2) is 0 Å². The highest BCUT2D eigenvalue weighted by Crippen LogP contribution is 2.24. The number of carbonyl (C=O) groups is 1. The van der Waals surface area contributed by atoms with E-state index in [1.54, 1.807) is 7.05 Å². The second-order valence-electron chi connectivity index (χ2n) is 4.38. The highest BCUT2D eigenvalue weighted by Gasteiger charge is 2.31. The third-order valence-corrected chi connectivity index (χ3v) is 3.47. The van der Waals surface area contributed by atoms with Gasteiger partial charge in [-0.05, 0) is 18.2 Å². The molecule has 1 saturated heterocycles. The van der Waals surface area contributed by atoms with Crippen LogP contribution in [-0.4, -0.2) is 53.3 Å². The zero-order valence-electron chi connectivity index (χ0n) is 9.93. The van der Waals surface area contributed by atoms with Crippen LogP contribution >= 0.6 is 11.6 Å². The molecule has 1 amide bonds. The first-order valence-corrected chi connectivity index (χ1v) is 6.03. The van der Waals surface area contributed by atoms with E-state index in [1.165, 1.54) is 23.1 Å². The van der Waals surface area contributed by atoms with Gasteiger partial charge in [0.2, 0.25) is 0 Å². The average Bonchev–Trinajstić information content (AvgIpc) is 2.77. The van der Waals surface area contributed by atoms with Crippen molar-refractivity contribution in [2.75, 3.05) is 20.1 Å². The van der Waals surface area contributed by atoms with Crippen LogP contribution in [0.15, 0.2) is 18.2 Å². The number of hydrogen-bond acceptors (Lipinski definition) is 4. The molecule has 0 radical (unpaired) electrons. The molecule has 1 aliphatic rings. The molecule has 2 atom stereocenters. The number of halogens is 1. The second kappa shape index (κ2) is 5.14. The van der Waals surface area contributed by atoms with Gasteiger partial charge in [0.05, 0.1) is 17.2 Å². The summed E-state index contributed by atoms with van der Waals surface area (Å²) in [6, 6.07) is 4.07. The van der Waals surface area contributed by atoms with Crippen molar-refractivity contribution in [3.05, 3.63) is 28.8 Å². The maximum absolute atomic E-state index is 12.2. The Labute approximate surface area is 110 Å². The summed E-state index contributed by atoms with van der Waals surface area (Å²) in [5, 5.41) is 22.2. The summed E-state index contributed by atoms with van der Waals surface area (Å²) < 4.78 is 0. The van der Waals surface area contributed by atoms with Crippen molar-refractivity contribution in [3.63, 3.8) is 0 Å². The summed E-state index contributed by atoms with van der Waals surface area (Å²) in [6.07, 6.45) is -0.563. The van der Waals surface area contributed by atoms with E-state index in [0.29, 0.717) is 18.7 Å². The van der Waals surface area contributed by atoms with Gasteiger partial charge in [-0.15, -0.1) is 0 Å². The molecule has 0 spiro atoms. The molecule has 1 aromatic rings. The Morgan fingerprint density at radius 2 is 2.22 bits per heavy atom. The molecule has 2 rings (SSSR count). The molecule has 1 heterocycles. The lowest BCUT2D eigenvalue weighted by Gasteiger charge is -2.26. The van der Waals surface area contributed by atoms with Crippen molar-refractivity contribution in [1.29, 1.82) is 0 Å². The number of likely N-dealkylation sites (N-methyl/N-ethyl adjacent to an activating group) is 1. The van der Waals surface area contributed by atoms with Gasteiger partial charge < -0.3 is 20.4 Å². The van der Waals surface area contributed by atoms with Crippen LogP contribution in [-0.2, 0) is 0 Å². The minimum absolute atomic E-state index is 0.0570. The first-order chi connectivity index (χ1) is 8.50. The number of β-amino-alcohol motifs (C(OH)–C–C–N with tert-alkyl or cyclic N) is 1. The van der Waals surface area contributed by atoms with Crippen LogP contribution in [0, 0.1) is 0 Å². The molecule has 1 fully saturated rings. The number of aliphatic hydroxyl groups excluding tert-OH is 1. The van der Waals surface area contributed by atoms with Gasteiger partial charge >= 0.3 is 0 Å². The maximum atomic E-state index is 12.2. The number of aromatic hydroxyl groups is 1. The fourth-order valence-corrected chi connectivity index (χ4v) is 2.22. The molecule has 0 aromatic heterocycles. The lowest BCUT2D eigenvalue weighted by atomic mass is 10.1. The first kappa shape index (κ1) is 13.1. The SMILES string of the molecule is CN(C(=O)c1ccc(O)c(Cl)c1)[C@H]1CNC[C@@H]1O. The van der Waals surface area contributed by atoms with E-state index in [0.717, 1.165) is 0 Å². The van der Waals surface area contributed by atoms with E-state index >= 15 is 0 Å². The Kier molecular flexibility index (Phi) is 3.75. The average molecular weight is 271 g/mol. The highest BCUT2D eigenvalue weighted by atomic mass is 35.5. The third-order valence-electron chi connectivity index (χ3n) is 3.16. The quantitative estimate of drug-likeness (QED) is 0.730. The molecule has 5 nitrogen and oxygen atoms in total. The van der Waals surface area contributed by atoms with Crippen LogP contribution < -0.4 is 5.32 Å². The number of phenolic OH excluding ortho intramolecular Hbond substituents is 1. The van der Waals surface area contributed by atoms with Gasteiger partial charge in [0.25, 0.3) is 5.91 Å². The fraction of sp³-hybridized carbons (Fsp3) is 0.417. The molecule has 6 heteroatoms. The van der Waals surface area contributed by atoms with Crippen LogP contribution in [0.4, 0.5) is 0 Å². The van der Waals surface area contributed by atoms with Gasteiger partial charge in [-0.1, -0.05) is 11.6 Å². The van der Waals surface area contributed by atoms with Crippen LogP contribution in [0.1, 0.15) is 10.4 Å². The number of benzene rings is 1. The summed E-state index contributed by atoms with van der Waals surface area (Å²) >= 11 is 5.77. The molecule has 1 aromatic carbocycles. The largest absolute Gasteiger partial charge is 0.506 e. The van der Waals surface area contributed by atoms with Crippen LogP contribution in [0.3, 0.4) is 0 Å². The van der Waals surface area contributed by atoms with E-state index in [2.05, 4.69) is 5.32 Å². The van der Waals surface area contributed by atoms with Gasteiger partial charge in [-0.25, -0.2) is 0 Å². The fourth-order valence-electron chi connectivity index (χ4n) is 2.04.